The van der Waals surface area contributed by atoms with Crippen molar-refractivity contribution in [3.05, 3.63) is 23.9 Å². The Kier molecular flexibility index (Phi) is 4.74. The molecule has 0 aromatic carbocycles. The van der Waals surface area contributed by atoms with Gasteiger partial charge in [0, 0.05) is 45.0 Å². The van der Waals surface area contributed by atoms with Crippen LogP contribution in [0.25, 0.3) is 0 Å². The van der Waals surface area contributed by atoms with Crippen molar-refractivity contribution >= 4 is 11.7 Å². The van der Waals surface area contributed by atoms with Gasteiger partial charge in [-0.25, -0.2) is 4.98 Å². The SMILES string of the molecule is CCCNc1ncccc1CN1CCN(C)C(=O)C1. The summed E-state index contributed by atoms with van der Waals surface area (Å²) in [6.07, 6.45) is 2.87. The minimum Gasteiger partial charge on any atom is -0.370 e. The Morgan fingerprint density at radius 3 is 3.00 bits per heavy atom. The summed E-state index contributed by atoms with van der Waals surface area (Å²) in [4.78, 5) is 20.1. The first kappa shape index (κ1) is 13.8. The fraction of sp³-hybridized carbons (Fsp3) is 0.571. The number of hydrogen-bond acceptors (Lipinski definition) is 4. The maximum atomic E-state index is 11.7. The van der Waals surface area contributed by atoms with Crippen molar-refractivity contribution in [3.8, 4) is 0 Å². The van der Waals surface area contributed by atoms with Gasteiger partial charge in [-0.2, -0.15) is 0 Å². The Morgan fingerprint density at radius 1 is 1.42 bits per heavy atom. The summed E-state index contributed by atoms with van der Waals surface area (Å²) < 4.78 is 0. The summed E-state index contributed by atoms with van der Waals surface area (Å²) in [6.45, 7) is 6.06. The van der Waals surface area contributed by atoms with Crippen LogP contribution in [0.5, 0.6) is 0 Å². The summed E-state index contributed by atoms with van der Waals surface area (Å²) in [5.41, 5.74) is 1.16. The number of nitrogens with one attached hydrogen (secondary N) is 1. The maximum absolute atomic E-state index is 11.7. The van der Waals surface area contributed by atoms with Crippen LogP contribution in [0.1, 0.15) is 18.9 Å². The Hall–Kier alpha value is -1.62. The number of anilines is 1. The molecule has 1 fully saturated rings. The van der Waals surface area contributed by atoms with E-state index in [9.17, 15) is 4.79 Å². The lowest BCUT2D eigenvalue weighted by molar-refractivity contribution is -0.134. The van der Waals surface area contributed by atoms with Crippen LogP contribution in [-0.2, 0) is 11.3 Å². The molecule has 0 radical (unpaired) electrons. The molecule has 104 valence electrons. The zero-order chi connectivity index (χ0) is 13.7. The van der Waals surface area contributed by atoms with Crippen LogP contribution in [0, 0.1) is 0 Å². The lowest BCUT2D eigenvalue weighted by atomic mass is 10.2. The van der Waals surface area contributed by atoms with Gasteiger partial charge in [0.2, 0.25) is 5.91 Å². The van der Waals surface area contributed by atoms with E-state index in [4.69, 9.17) is 0 Å². The molecule has 2 rings (SSSR count). The van der Waals surface area contributed by atoms with Crippen molar-refractivity contribution in [2.45, 2.75) is 19.9 Å². The summed E-state index contributed by atoms with van der Waals surface area (Å²) in [5, 5.41) is 3.34. The molecule has 0 spiro atoms. The second-order valence-corrected chi connectivity index (χ2v) is 4.96. The molecule has 1 aliphatic heterocycles. The molecule has 1 saturated heterocycles. The molecule has 19 heavy (non-hydrogen) atoms. The second kappa shape index (κ2) is 6.52. The van der Waals surface area contributed by atoms with Crippen molar-refractivity contribution in [2.75, 3.05) is 38.5 Å². The lowest BCUT2D eigenvalue weighted by Crippen LogP contribution is -2.48. The molecular weight excluding hydrogens is 240 g/mol. The quantitative estimate of drug-likeness (QED) is 0.865. The first-order chi connectivity index (χ1) is 9.20. The van der Waals surface area contributed by atoms with E-state index < -0.39 is 0 Å². The average molecular weight is 262 g/mol. The van der Waals surface area contributed by atoms with Crippen molar-refractivity contribution in [1.29, 1.82) is 0 Å². The van der Waals surface area contributed by atoms with E-state index in [2.05, 4.69) is 28.2 Å². The highest BCUT2D eigenvalue weighted by Crippen LogP contribution is 2.15. The highest BCUT2D eigenvalue weighted by Gasteiger charge is 2.21. The van der Waals surface area contributed by atoms with Crippen molar-refractivity contribution in [3.63, 3.8) is 0 Å². The molecule has 2 heterocycles. The number of amides is 1. The molecule has 1 N–H and O–H groups in total. The van der Waals surface area contributed by atoms with E-state index in [1.165, 1.54) is 0 Å². The van der Waals surface area contributed by atoms with Gasteiger partial charge in [-0.3, -0.25) is 9.69 Å². The summed E-state index contributed by atoms with van der Waals surface area (Å²) >= 11 is 0. The fourth-order valence-electron chi connectivity index (χ4n) is 2.15. The van der Waals surface area contributed by atoms with Gasteiger partial charge in [-0.15, -0.1) is 0 Å². The van der Waals surface area contributed by atoms with E-state index in [-0.39, 0.29) is 5.91 Å². The number of rotatable bonds is 5. The lowest BCUT2D eigenvalue weighted by Gasteiger charge is -2.32. The van der Waals surface area contributed by atoms with Gasteiger partial charge in [-0.1, -0.05) is 13.0 Å². The summed E-state index contributed by atoms with van der Waals surface area (Å²) in [7, 11) is 1.86. The number of nitrogens with zero attached hydrogens (tertiary/aromatic N) is 3. The average Bonchev–Trinajstić information content (AvgIpc) is 2.42. The third-order valence-electron chi connectivity index (χ3n) is 3.36. The summed E-state index contributed by atoms with van der Waals surface area (Å²) in [6, 6.07) is 4.03. The first-order valence-corrected chi connectivity index (χ1v) is 6.84. The Morgan fingerprint density at radius 2 is 2.26 bits per heavy atom. The molecule has 1 aromatic rings. The number of piperazine rings is 1. The van der Waals surface area contributed by atoms with Crippen LogP contribution < -0.4 is 5.32 Å². The second-order valence-electron chi connectivity index (χ2n) is 4.96. The number of hydrogen-bond donors (Lipinski definition) is 1. The van der Waals surface area contributed by atoms with E-state index >= 15 is 0 Å². The molecule has 1 amide bonds. The zero-order valence-electron chi connectivity index (χ0n) is 11.7. The molecule has 1 aromatic heterocycles. The normalized spacial score (nSPS) is 16.7. The van der Waals surface area contributed by atoms with E-state index in [0.29, 0.717) is 6.54 Å². The van der Waals surface area contributed by atoms with Crippen molar-refractivity contribution in [1.82, 2.24) is 14.8 Å². The first-order valence-electron chi connectivity index (χ1n) is 6.84. The largest absolute Gasteiger partial charge is 0.370 e. The van der Waals surface area contributed by atoms with Crippen molar-refractivity contribution in [2.24, 2.45) is 0 Å². The number of carbonyl (C=O) groups excluding carboxylic acids is 1. The molecule has 0 unspecified atom stereocenters. The van der Waals surface area contributed by atoms with Gasteiger partial charge in [-0.05, 0) is 12.5 Å². The van der Waals surface area contributed by atoms with Crippen LogP contribution in [0.15, 0.2) is 18.3 Å². The number of aromatic nitrogens is 1. The Labute approximate surface area is 114 Å². The molecule has 0 aliphatic carbocycles. The molecule has 0 atom stereocenters. The maximum Gasteiger partial charge on any atom is 0.236 e. The van der Waals surface area contributed by atoms with E-state index in [1.54, 1.807) is 11.1 Å². The molecule has 5 nitrogen and oxygen atoms in total. The Bertz CT molecular complexity index is 435. The predicted molar refractivity (Wildman–Crippen MR) is 75.9 cm³/mol. The number of pyridine rings is 1. The topological polar surface area (TPSA) is 48.5 Å². The van der Waals surface area contributed by atoms with Crippen LogP contribution in [0.3, 0.4) is 0 Å². The van der Waals surface area contributed by atoms with Gasteiger partial charge in [0.1, 0.15) is 5.82 Å². The molecule has 1 aliphatic rings. The predicted octanol–water partition coefficient (Wildman–Crippen LogP) is 1.18. The third-order valence-corrected chi connectivity index (χ3v) is 3.36. The molecule has 5 heteroatoms. The van der Waals surface area contributed by atoms with Crippen LogP contribution in [0.2, 0.25) is 0 Å². The van der Waals surface area contributed by atoms with Crippen LogP contribution >= 0.6 is 0 Å². The van der Waals surface area contributed by atoms with E-state index in [1.807, 2.05) is 13.1 Å². The minimum atomic E-state index is 0.193. The van der Waals surface area contributed by atoms with Gasteiger partial charge in [0.25, 0.3) is 0 Å². The third kappa shape index (κ3) is 3.67. The Balaban J connectivity index is 2.00. The van der Waals surface area contributed by atoms with Crippen LogP contribution in [-0.4, -0.2) is 53.9 Å². The van der Waals surface area contributed by atoms with Gasteiger partial charge >= 0.3 is 0 Å². The monoisotopic (exact) mass is 262 g/mol. The highest BCUT2D eigenvalue weighted by atomic mass is 16.2. The standard InChI is InChI=1S/C14H22N4O/c1-3-6-15-14-12(5-4-7-16-14)10-18-9-8-17(2)13(19)11-18/h4-5,7H,3,6,8-11H2,1-2H3,(H,15,16). The fourth-order valence-corrected chi connectivity index (χ4v) is 2.15. The molecule has 0 saturated carbocycles. The minimum absolute atomic E-state index is 0.193. The molecule has 0 bridgehead atoms. The van der Waals surface area contributed by atoms with Crippen molar-refractivity contribution < 1.29 is 4.79 Å². The van der Waals surface area contributed by atoms with Gasteiger partial charge < -0.3 is 10.2 Å². The molecular formula is C14H22N4O. The number of likely N-dealkylation sites (N-methyl/N-ethyl adjacent to an activating group) is 1. The smallest absolute Gasteiger partial charge is 0.236 e. The van der Waals surface area contributed by atoms with Gasteiger partial charge in [0.15, 0.2) is 0 Å². The van der Waals surface area contributed by atoms with E-state index in [0.717, 1.165) is 44.0 Å². The number of carbonyl (C=O) groups is 1. The van der Waals surface area contributed by atoms with Gasteiger partial charge in [0.05, 0.1) is 6.54 Å². The summed E-state index contributed by atoms with van der Waals surface area (Å²) in [5.74, 6) is 1.13. The van der Waals surface area contributed by atoms with Crippen LogP contribution in [0.4, 0.5) is 5.82 Å². The zero-order valence-corrected chi connectivity index (χ0v) is 11.7. The highest BCUT2D eigenvalue weighted by molar-refractivity contribution is 5.78.